The Morgan fingerprint density at radius 2 is 1.94 bits per heavy atom. The molecule has 0 radical (unpaired) electrons. The second-order valence-electron chi connectivity index (χ2n) is 4.80. The van der Waals surface area contributed by atoms with Gasteiger partial charge >= 0.3 is 0 Å². The third-order valence-corrected chi connectivity index (χ3v) is 3.01. The van der Waals surface area contributed by atoms with Gasteiger partial charge in [0, 0.05) is 12.6 Å². The molecule has 102 valence electrons. The normalized spacial score (nSPS) is 14.1. The van der Waals surface area contributed by atoms with Crippen LogP contribution in [0.25, 0.3) is 0 Å². The molecular formula is C15H25NO2. The number of rotatable bonds is 7. The molecule has 1 rings (SSSR count). The van der Waals surface area contributed by atoms with Crippen molar-refractivity contribution in [1.29, 1.82) is 0 Å². The zero-order chi connectivity index (χ0) is 13.5. The topological polar surface area (TPSA) is 30.5 Å². The predicted molar refractivity (Wildman–Crippen MR) is 75.6 cm³/mol. The molecule has 0 amide bonds. The lowest BCUT2D eigenvalue weighted by Crippen LogP contribution is -2.34. The van der Waals surface area contributed by atoms with E-state index in [1.54, 1.807) is 7.11 Å². The highest BCUT2D eigenvalue weighted by Gasteiger charge is 2.10. The van der Waals surface area contributed by atoms with Gasteiger partial charge in [0.25, 0.3) is 0 Å². The molecule has 3 nitrogen and oxygen atoms in total. The largest absolute Gasteiger partial charge is 0.493 e. The Morgan fingerprint density at radius 1 is 1.22 bits per heavy atom. The van der Waals surface area contributed by atoms with E-state index < -0.39 is 0 Å². The molecular weight excluding hydrogens is 226 g/mol. The summed E-state index contributed by atoms with van der Waals surface area (Å²) in [4.78, 5) is 0. The minimum Gasteiger partial charge on any atom is -0.493 e. The van der Waals surface area contributed by atoms with Gasteiger partial charge in [0.1, 0.15) is 6.10 Å². The number of methoxy groups -OCH3 is 1. The fourth-order valence-electron chi connectivity index (χ4n) is 1.64. The van der Waals surface area contributed by atoms with E-state index in [1.165, 1.54) is 5.56 Å². The highest BCUT2D eigenvalue weighted by Crippen LogP contribution is 2.28. The average Bonchev–Trinajstić information content (AvgIpc) is 2.37. The quantitative estimate of drug-likeness (QED) is 0.807. The highest BCUT2D eigenvalue weighted by molar-refractivity contribution is 5.42. The smallest absolute Gasteiger partial charge is 0.161 e. The van der Waals surface area contributed by atoms with E-state index in [2.05, 4.69) is 26.1 Å². The first-order valence-corrected chi connectivity index (χ1v) is 6.61. The van der Waals surface area contributed by atoms with Crippen molar-refractivity contribution < 1.29 is 9.47 Å². The van der Waals surface area contributed by atoms with Crippen LogP contribution in [0.2, 0.25) is 0 Å². The van der Waals surface area contributed by atoms with Crippen LogP contribution in [0, 0.1) is 6.92 Å². The summed E-state index contributed by atoms with van der Waals surface area (Å²) < 4.78 is 11.2. The summed E-state index contributed by atoms with van der Waals surface area (Å²) in [6.07, 6.45) is 1.25. The van der Waals surface area contributed by atoms with Crippen LogP contribution in [-0.4, -0.2) is 25.8 Å². The maximum atomic E-state index is 5.90. The first-order valence-electron chi connectivity index (χ1n) is 6.61. The Morgan fingerprint density at radius 3 is 2.56 bits per heavy atom. The lowest BCUT2D eigenvalue weighted by Gasteiger charge is -2.19. The zero-order valence-electron chi connectivity index (χ0n) is 12.1. The second-order valence-corrected chi connectivity index (χ2v) is 4.80. The Labute approximate surface area is 110 Å². The molecule has 0 spiro atoms. The van der Waals surface area contributed by atoms with Gasteiger partial charge in [0.15, 0.2) is 11.5 Å². The van der Waals surface area contributed by atoms with E-state index in [0.29, 0.717) is 6.04 Å². The van der Waals surface area contributed by atoms with Gasteiger partial charge in [-0.15, -0.1) is 0 Å². The van der Waals surface area contributed by atoms with Crippen molar-refractivity contribution in [2.75, 3.05) is 13.7 Å². The number of nitrogens with one attached hydrogen (secondary N) is 1. The van der Waals surface area contributed by atoms with Gasteiger partial charge in [-0.3, -0.25) is 0 Å². The molecule has 0 aliphatic rings. The molecule has 0 bridgehead atoms. The van der Waals surface area contributed by atoms with Gasteiger partial charge in [-0.25, -0.2) is 0 Å². The number of hydrogen-bond acceptors (Lipinski definition) is 3. The van der Waals surface area contributed by atoms with Crippen LogP contribution in [0.5, 0.6) is 11.5 Å². The van der Waals surface area contributed by atoms with Crippen LogP contribution in [-0.2, 0) is 0 Å². The summed E-state index contributed by atoms with van der Waals surface area (Å²) in [5.74, 6) is 1.60. The van der Waals surface area contributed by atoms with Gasteiger partial charge < -0.3 is 14.8 Å². The van der Waals surface area contributed by atoms with Gasteiger partial charge in [-0.05, 0) is 44.9 Å². The van der Waals surface area contributed by atoms with E-state index in [1.807, 2.05) is 25.1 Å². The van der Waals surface area contributed by atoms with Crippen molar-refractivity contribution in [1.82, 2.24) is 5.32 Å². The number of ether oxygens (including phenoxy) is 2. The molecule has 2 unspecified atom stereocenters. The summed E-state index contributed by atoms with van der Waals surface area (Å²) in [6.45, 7) is 9.30. The molecule has 0 saturated carbocycles. The van der Waals surface area contributed by atoms with Crippen molar-refractivity contribution in [2.24, 2.45) is 0 Å². The molecule has 3 heteroatoms. The minimum atomic E-state index is 0.121. The third-order valence-electron chi connectivity index (χ3n) is 3.01. The first kappa shape index (κ1) is 14.8. The van der Waals surface area contributed by atoms with Crippen molar-refractivity contribution in [3.63, 3.8) is 0 Å². The lowest BCUT2D eigenvalue weighted by molar-refractivity contribution is 0.203. The van der Waals surface area contributed by atoms with Crippen LogP contribution in [0.4, 0.5) is 0 Å². The first-order chi connectivity index (χ1) is 8.56. The molecule has 2 atom stereocenters. The van der Waals surface area contributed by atoms with Crippen LogP contribution >= 0.6 is 0 Å². The average molecular weight is 251 g/mol. The molecule has 0 fully saturated rings. The number of hydrogen-bond donors (Lipinski definition) is 1. The fourth-order valence-corrected chi connectivity index (χ4v) is 1.64. The second kappa shape index (κ2) is 7.27. The molecule has 1 N–H and O–H groups in total. The van der Waals surface area contributed by atoms with Crippen molar-refractivity contribution >= 4 is 0 Å². The summed E-state index contributed by atoms with van der Waals surface area (Å²) in [5, 5.41) is 3.44. The Balaban J connectivity index is 2.56. The van der Waals surface area contributed by atoms with Crippen LogP contribution in [0.15, 0.2) is 18.2 Å². The maximum Gasteiger partial charge on any atom is 0.161 e. The van der Waals surface area contributed by atoms with Gasteiger partial charge in [-0.2, -0.15) is 0 Å². The van der Waals surface area contributed by atoms with Crippen molar-refractivity contribution in [3.05, 3.63) is 23.8 Å². The highest BCUT2D eigenvalue weighted by atomic mass is 16.5. The van der Waals surface area contributed by atoms with Crippen molar-refractivity contribution in [3.8, 4) is 11.5 Å². The molecule has 0 aromatic heterocycles. The predicted octanol–water partition coefficient (Wildman–Crippen LogP) is 3.16. The SMILES string of the molecule is CCC(C)NCC(C)Oc1ccc(C)cc1OC. The van der Waals surface area contributed by atoms with E-state index in [-0.39, 0.29) is 6.10 Å². The van der Waals surface area contributed by atoms with Crippen LogP contribution in [0.3, 0.4) is 0 Å². The summed E-state index contributed by atoms with van der Waals surface area (Å²) in [5.41, 5.74) is 1.17. The van der Waals surface area contributed by atoms with E-state index in [9.17, 15) is 0 Å². The van der Waals surface area contributed by atoms with E-state index in [0.717, 1.165) is 24.5 Å². The van der Waals surface area contributed by atoms with Crippen molar-refractivity contribution in [2.45, 2.75) is 46.3 Å². The maximum absolute atomic E-state index is 5.90. The third kappa shape index (κ3) is 4.57. The van der Waals surface area contributed by atoms with E-state index >= 15 is 0 Å². The molecule has 18 heavy (non-hydrogen) atoms. The molecule has 1 aromatic rings. The zero-order valence-corrected chi connectivity index (χ0v) is 12.1. The molecule has 0 aliphatic carbocycles. The monoisotopic (exact) mass is 251 g/mol. The number of aryl methyl sites for hydroxylation is 1. The van der Waals surface area contributed by atoms with Crippen LogP contribution in [0.1, 0.15) is 32.8 Å². The standard InChI is InChI=1S/C15H25NO2/c1-6-12(3)16-10-13(4)18-14-8-7-11(2)9-15(14)17-5/h7-9,12-13,16H,6,10H2,1-5H3. The fraction of sp³-hybridized carbons (Fsp3) is 0.600. The molecule has 0 saturated heterocycles. The van der Waals surface area contributed by atoms with E-state index in [4.69, 9.17) is 9.47 Å². The molecule has 1 aromatic carbocycles. The van der Waals surface area contributed by atoms with Gasteiger partial charge in [-0.1, -0.05) is 13.0 Å². The summed E-state index contributed by atoms with van der Waals surface area (Å²) in [6, 6.07) is 6.51. The lowest BCUT2D eigenvalue weighted by atomic mass is 10.2. The Bertz CT molecular complexity index is 366. The van der Waals surface area contributed by atoms with Gasteiger partial charge in [0.2, 0.25) is 0 Å². The molecule has 0 heterocycles. The molecule has 0 aliphatic heterocycles. The summed E-state index contributed by atoms with van der Waals surface area (Å²) >= 11 is 0. The Hall–Kier alpha value is -1.22. The summed E-state index contributed by atoms with van der Waals surface area (Å²) in [7, 11) is 1.67. The number of benzene rings is 1. The van der Waals surface area contributed by atoms with Crippen LogP contribution < -0.4 is 14.8 Å². The Kier molecular flexibility index (Phi) is 5.99. The van der Waals surface area contributed by atoms with Gasteiger partial charge in [0.05, 0.1) is 7.11 Å². The minimum absolute atomic E-state index is 0.121.